The van der Waals surface area contributed by atoms with Crippen molar-refractivity contribution in [2.75, 3.05) is 5.75 Å². The van der Waals surface area contributed by atoms with Gasteiger partial charge >= 0.3 is 0 Å². The first-order valence-electron chi connectivity index (χ1n) is 6.68. The number of carbonyl (C=O) groups is 1. The van der Waals surface area contributed by atoms with Crippen molar-refractivity contribution in [3.63, 3.8) is 0 Å². The number of aliphatic hydroxyl groups excluding tert-OH is 1. The Balaban J connectivity index is 2.08. The molecule has 1 saturated carbocycles. The van der Waals surface area contributed by atoms with E-state index in [9.17, 15) is 9.90 Å². The lowest BCUT2D eigenvalue weighted by molar-refractivity contribution is -0.121. The molecule has 0 aliphatic heterocycles. The molecular weight excluding hydrogens is 234 g/mol. The van der Waals surface area contributed by atoms with Crippen LogP contribution in [0.25, 0.3) is 0 Å². The summed E-state index contributed by atoms with van der Waals surface area (Å²) < 4.78 is 0. The van der Waals surface area contributed by atoms with Crippen LogP contribution in [0.15, 0.2) is 0 Å². The topological polar surface area (TPSA) is 49.3 Å². The van der Waals surface area contributed by atoms with E-state index in [4.69, 9.17) is 0 Å². The molecule has 0 heterocycles. The van der Waals surface area contributed by atoms with E-state index in [-0.39, 0.29) is 17.3 Å². The Kier molecular flexibility index (Phi) is 6.97. The summed E-state index contributed by atoms with van der Waals surface area (Å²) in [4.78, 5) is 11.7. The van der Waals surface area contributed by atoms with Crippen LogP contribution in [0.1, 0.15) is 52.4 Å². The molecule has 0 aromatic heterocycles. The molecule has 100 valence electrons. The molecule has 0 spiro atoms. The number of carbonyl (C=O) groups excluding carboxylic acids is 1. The van der Waals surface area contributed by atoms with Gasteiger partial charge in [-0.1, -0.05) is 26.2 Å². The maximum atomic E-state index is 11.7. The molecule has 1 amide bonds. The molecule has 1 aliphatic rings. The number of amides is 1. The van der Waals surface area contributed by atoms with Crippen molar-refractivity contribution in [3.05, 3.63) is 0 Å². The van der Waals surface area contributed by atoms with E-state index in [1.807, 2.05) is 6.92 Å². The van der Waals surface area contributed by atoms with Gasteiger partial charge in [-0.15, -0.1) is 0 Å². The third kappa shape index (κ3) is 6.32. The maximum Gasteiger partial charge on any atom is 0.221 e. The van der Waals surface area contributed by atoms with Crippen molar-refractivity contribution in [2.45, 2.75) is 69.8 Å². The predicted octanol–water partition coefficient (Wildman–Crippen LogP) is 2.33. The van der Waals surface area contributed by atoms with Gasteiger partial charge in [-0.25, -0.2) is 0 Å². The minimum atomic E-state index is -0.304. The maximum absolute atomic E-state index is 11.7. The second kappa shape index (κ2) is 7.98. The van der Waals surface area contributed by atoms with E-state index in [0.717, 1.165) is 18.6 Å². The first-order valence-corrected chi connectivity index (χ1v) is 7.73. The van der Waals surface area contributed by atoms with E-state index in [1.165, 1.54) is 19.3 Å². The Labute approximate surface area is 109 Å². The Morgan fingerprint density at radius 2 is 2.00 bits per heavy atom. The van der Waals surface area contributed by atoms with Gasteiger partial charge in [0.15, 0.2) is 0 Å². The summed E-state index contributed by atoms with van der Waals surface area (Å²) in [5.74, 6) is 0.965. The van der Waals surface area contributed by atoms with Gasteiger partial charge in [-0.2, -0.15) is 11.8 Å². The number of hydrogen-bond donors (Lipinski definition) is 2. The minimum absolute atomic E-state index is 0.169. The van der Waals surface area contributed by atoms with Gasteiger partial charge in [0, 0.05) is 23.5 Å². The fourth-order valence-electron chi connectivity index (χ4n) is 2.02. The number of nitrogens with one attached hydrogen (secondary N) is 1. The van der Waals surface area contributed by atoms with E-state index in [0.29, 0.717) is 12.5 Å². The highest BCUT2D eigenvalue weighted by atomic mass is 32.2. The van der Waals surface area contributed by atoms with Crippen LogP contribution in [0, 0.1) is 0 Å². The van der Waals surface area contributed by atoms with Crippen molar-refractivity contribution in [2.24, 2.45) is 0 Å². The first-order chi connectivity index (χ1) is 8.09. The summed E-state index contributed by atoms with van der Waals surface area (Å²) in [6.07, 6.45) is 6.36. The van der Waals surface area contributed by atoms with Crippen LogP contribution < -0.4 is 5.32 Å². The molecule has 17 heavy (non-hydrogen) atoms. The van der Waals surface area contributed by atoms with Crippen molar-refractivity contribution < 1.29 is 9.90 Å². The first kappa shape index (κ1) is 14.8. The van der Waals surface area contributed by atoms with Gasteiger partial charge in [0.1, 0.15) is 0 Å². The Morgan fingerprint density at radius 1 is 1.35 bits per heavy atom. The zero-order chi connectivity index (χ0) is 12.7. The van der Waals surface area contributed by atoms with Crippen LogP contribution >= 0.6 is 11.8 Å². The van der Waals surface area contributed by atoms with Crippen molar-refractivity contribution in [3.8, 4) is 0 Å². The average Bonchev–Trinajstić information content (AvgIpc) is 2.30. The number of hydrogen-bond acceptors (Lipinski definition) is 3. The van der Waals surface area contributed by atoms with E-state index >= 15 is 0 Å². The molecule has 4 heteroatoms. The van der Waals surface area contributed by atoms with E-state index in [2.05, 4.69) is 5.32 Å². The third-order valence-electron chi connectivity index (χ3n) is 3.36. The number of aliphatic hydroxyl groups is 1. The predicted molar refractivity (Wildman–Crippen MR) is 73.2 cm³/mol. The monoisotopic (exact) mass is 259 g/mol. The molecule has 1 aliphatic carbocycles. The standard InChI is InChI=1S/C13H25NO2S/c1-10(15)11(2)17-9-8-13(16)14-12-6-4-3-5-7-12/h10-12,15H,3-9H2,1-2H3,(H,14,16). The molecule has 0 saturated heterocycles. The van der Waals surface area contributed by atoms with Gasteiger partial charge < -0.3 is 10.4 Å². The van der Waals surface area contributed by atoms with Gasteiger partial charge in [0.05, 0.1) is 6.10 Å². The molecule has 2 unspecified atom stereocenters. The normalized spacial score (nSPS) is 20.9. The third-order valence-corrected chi connectivity index (χ3v) is 4.72. The van der Waals surface area contributed by atoms with Crippen LogP contribution in [0.3, 0.4) is 0 Å². The molecule has 3 nitrogen and oxygen atoms in total. The molecule has 2 N–H and O–H groups in total. The molecule has 0 aromatic rings. The van der Waals surface area contributed by atoms with E-state index < -0.39 is 0 Å². The highest BCUT2D eigenvalue weighted by Crippen LogP contribution is 2.18. The Morgan fingerprint density at radius 3 is 2.59 bits per heavy atom. The van der Waals surface area contributed by atoms with Gasteiger partial charge in [-0.3, -0.25) is 4.79 Å². The molecule has 0 radical (unpaired) electrons. The lowest BCUT2D eigenvalue weighted by Gasteiger charge is -2.22. The summed E-state index contributed by atoms with van der Waals surface area (Å²) in [5, 5.41) is 12.6. The quantitative estimate of drug-likeness (QED) is 0.769. The van der Waals surface area contributed by atoms with Crippen LogP contribution in [-0.2, 0) is 4.79 Å². The van der Waals surface area contributed by atoms with Crippen molar-refractivity contribution >= 4 is 17.7 Å². The van der Waals surface area contributed by atoms with Crippen LogP contribution in [-0.4, -0.2) is 34.2 Å². The smallest absolute Gasteiger partial charge is 0.221 e. The minimum Gasteiger partial charge on any atom is -0.392 e. The van der Waals surface area contributed by atoms with Crippen molar-refractivity contribution in [1.29, 1.82) is 0 Å². The summed E-state index contributed by atoms with van der Waals surface area (Å²) >= 11 is 1.66. The van der Waals surface area contributed by atoms with Crippen LogP contribution in [0.4, 0.5) is 0 Å². The largest absolute Gasteiger partial charge is 0.392 e. The summed E-state index contributed by atoms with van der Waals surface area (Å²) in [7, 11) is 0. The molecule has 1 rings (SSSR count). The number of thioether (sulfide) groups is 1. The molecule has 2 atom stereocenters. The van der Waals surface area contributed by atoms with Crippen LogP contribution in [0.2, 0.25) is 0 Å². The zero-order valence-corrected chi connectivity index (χ0v) is 11.8. The fourth-order valence-corrected chi connectivity index (χ4v) is 2.98. The molecular formula is C13H25NO2S. The van der Waals surface area contributed by atoms with Gasteiger partial charge in [0.2, 0.25) is 5.91 Å². The SMILES string of the molecule is CC(O)C(C)SCCC(=O)NC1CCCCC1. The van der Waals surface area contributed by atoms with Gasteiger partial charge in [0.25, 0.3) is 0 Å². The summed E-state index contributed by atoms with van der Waals surface area (Å²) in [6.45, 7) is 3.79. The fraction of sp³-hybridized carbons (Fsp3) is 0.923. The summed E-state index contributed by atoms with van der Waals surface area (Å²) in [6, 6.07) is 0.412. The Hall–Kier alpha value is -0.220. The Bertz CT molecular complexity index is 227. The average molecular weight is 259 g/mol. The second-order valence-electron chi connectivity index (χ2n) is 4.97. The van der Waals surface area contributed by atoms with E-state index in [1.54, 1.807) is 18.7 Å². The molecule has 1 fully saturated rings. The second-order valence-corrected chi connectivity index (χ2v) is 6.45. The van der Waals surface area contributed by atoms with Crippen LogP contribution in [0.5, 0.6) is 0 Å². The van der Waals surface area contributed by atoms with Crippen molar-refractivity contribution in [1.82, 2.24) is 5.32 Å². The molecule has 0 bridgehead atoms. The highest BCUT2D eigenvalue weighted by Gasteiger charge is 2.16. The molecule has 0 aromatic carbocycles. The zero-order valence-electron chi connectivity index (χ0n) is 10.9. The number of rotatable bonds is 6. The lowest BCUT2D eigenvalue weighted by Crippen LogP contribution is -2.36. The highest BCUT2D eigenvalue weighted by molar-refractivity contribution is 7.99. The lowest BCUT2D eigenvalue weighted by atomic mass is 9.95. The summed E-state index contributed by atoms with van der Waals surface area (Å²) in [5.41, 5.74) is 0. The van der Waals surface area contributed by atoms with Gasteiger partial charge in [-0.05, 0) is 19.8 Å².